The maximum absolute atomic E-state index is 12.4. The molecule has 1 aromatic heterocycles. The molecule has 0 radical (unpaired) electrons. The number of aromatic nitrogens is 1. The Morgan fingerprint density at radius 2 is 1.79 bits per heavy atom. The topological polar surface area (TPSA) is 71.1 Å². The molecule has 0 aliphatic carbocycles. The van der Waals surface area contributed by atoms with E-state index in [9.17, 15) is 9.59 Å². The van der Waals surface area contributed by atoms with Gasteiger partial charge >= 0.3 is 0 Å². The third-order valence-electron chi connectivity index (χ3n) is 3.16. The van der Waals surface area contributed by atoms with Gasteiger partial charge in [0.2, 0.25) is 0 Å². The monoisotopic (exact) mass is 389 g/mol. The van der Waals surface area contributed by atoms with E-state index in [1.54, 1.807) is 6.07 Å². The van der Waals surface area contributed by atoms with Gasteiger partial charge in [0.15, 0.2) is 0 Å². The van der Waals surface area contributed by atoms with E-state index in [4.69, 9.17) is 0 Å². The normalized spacial score (nSPS) is 11.0. The van der Waals surface area contributed by atoms with Crippen LogP contribution in [0.5, 0.6) is 0 Å². The fourth-order valence-electron chi connectivity index (χ4n) is 2.03. The maximum atomic E-state index is 12.4. The number of nitrogens with one attached hydrogen (secondary N) is 2. The molecule has 0 spiro atoms. The highest BCUT2D eigenvalue weighted by molar-refractivity contribution is 9.10. The van der Waals surface area contributed by atoms with E-state index in [2.05, 4.69) is 31.5 Å². The lowest BCUT2D eigenvalue weighted by Crippen LogP contribution is -2.41. The Labute approximate surface area is 150 Å². The lowest BCUT2D eigenvalue weighted by Gasteiger charge is -2.20. The van der Waals surface area contributed by atoms with Crippen molar-refractivity contribution in [3.8, 4) is 0 Å². The zero-order valence-corrected chi connectivity index (χ0v) is 15.7. The molecule has 5 nitrogen and oxygen atoms in total. The molecule has 2 amide bonds. The first-order valence-corrected chi connectivity index (χ1v) is 8.31. The van der Waals surface area contributed by atoms with Crippen molar-refractivity contribution >= 4 is 33.4 Å². The number of pyridine rings is 1. The first kappa shape index (κ1) is 18.1. The largest absolute Gasteiger partial charge is 0.346 e. The number of aryl methyl sites for hydroxylation is 1. The molecule has 0 fully saturated rings. The molecule has 1 heterocycles. The van der Waals surface area contributed by atoms with Gasteiger partial charge in [-0.25, -0.2) is 0 Å². The second kappa shape index (κ2) is 7.13. The Balaban J connectivity index is 2.16. The third-order valence-corrected chi connectivity index (χ3v) is 4.05. The summed E-state index contributed by atoms with van der Waals surface area (Å²) in [4.78, 5) is 28.6. The summed E-state index contributed by atoms with van der Waals surface area (Å²) < 4.78 is 0.977. The number of halogens is 1. The highest BCUT2D eigenvalue weighted by Gasteiger charge is 2.17. The summed E-state index contributed by atoms with van der Waals surface area (Å²) in [5, 5.41) is 5.65. The van der Waals surface area contributed by atoms with E-state index in [0.717, 1.165) is 10.0 Å². The van der Waals surface area contributed by atoms with Gasteiger partial charge in [-0.3, -0.25) is 14.6 Å². The second-order valence-corrected chi connectivity index (χ2v) is 7.41. The van der Waals surface area contributed by atoms with Crippen LogP contribution in [0.2, 0.25) is 0 Å². The molecule has 0 aliphatic rings. The van der Waals surface area contributed by atoms with Crippen molar-refractivity contribution in [2.75, 3.05) is 5.32 Å². The van der Waals surface area contributed by atoms with Gasteiger partial charge in [-0.1, -0.05) is 15.9 Å². The number of nitrogens with zero attached hydrogens (tertiary/aromatic N) is 1. The summed E-state index contributed by atoms with van der Waals surface area (Å²) in [6.45, 7) is 7.60. The van der Waals surface area contributed by atoms with Crippen LogP contribution in [0.1, 0.15) is 47.2 Å². The quantitative estimate of drug-likeness (QED) is 0.834. The number of rotatable bonds is 3. The third kappa shape index (κ3) is 4.89. The van der Waals surface area contributed by atoms with Crippen LogP contribution in [0.15, 0.2) is 41.0 Å². The van der Waals surface area contributed by atoms with E-state index < -0.39 is 0 Å². The molecule has 2 rings (SSSR count). The summed E-state index contributed by atoms with van der Waals surface area (Å²) in [6.07, 6.45) is 1.46. The number of anilines is 1. The van der Waals surface area contributed by atoms with Crippen molar-refractivity contribution in [1.29, 1.82) is 0 Å². The Morgan fingerprint density at radius 1 is 1.08 bits per heavy atom. The molecule has 0 saturated heterocycles. The van der Waals surface area contributed by atoms with Crippen LogP contribution in [0.3, 0.4) is 0 Å². The van der Waals surface area contributed by atoms with E-state index in [-0.39, 0.29) is 23.0 Å². The Hall–Kier alpha value is -2.21. The van der Waals surface area contributed by atoms with Gasteiger partial charge in [0.05, 0.1) is 0 Å². The Bertz CT molecular complexity index is 782. The molecule has 126 valence electrons. The summed E-state index contributed by atoms with van der Waals surface area (Å²) in [7, 11) is 0. The van der Waals surface area contributed by atoms with Gasteiger partial charge in [-0.05, 0) is 63.6 Å². The lowest BCUT2D eigenvalue weighted by atomic mass is 10.1. The molecule has 2 aromatic rings. The second-order valence-electron chi connectivity index (χ2n) is 6.55. The van der Waals surface area contributed by atoms with E-state index in [1.807, 2.05) is 45.9 Å². The Morgan fingerprint density at radius 3 is 2.42 bits per heavy atom. The van der Waals surface area contributed by atoms with Crippen molar-refractivity contribution in [2.24, 2.45) is 0 Å². The number of amides is 2. The summed E-state index contributed by atoms with van der Waals surface area (Å²) in [5.74, 6) is -0.597. The number of carbonyl (C=O) groups excluding carboxylic acids is 2. The molecule has 24 heavy (non-hydrogen) atoms. The molecule has 1 aromatic carbocycles. The van der Waals surface area contributed by atoms with Gasteiger partial charge in [0.25, 0.3) is 11.8 Å². The fraction of sp³-hybridized carbons (Fsp3) is 0.278. The standard InChI is InChI=1S/C18H20BrN3O2/c1-11-9-13(5-6-14(11)19)21-16(23)12-7-8-20-15(10-12)17(24)22-18(2,3)4/h5-10H,1-4H3,(H,21,23)(H,22,24). The summed E-state index contributed by atoms with van der Waals surface area (Å²) >= 11 is 3.42. The summed E-state index contributed by atoms with van der Waals surface area (Å²) in [5.41, 5.74) is 1.94. The minimum atomic E-state index is -0.369. The summed E-state index contributed by atoms with van der Waals surface area (Å²) in [6, 6.07) is 8.62. The number of benzene rings is 1. The number of carbonyl (C=O) groups is 2. The molecular weight excluding hydrogens is 370 g/mol. The average Bonchev–Trinajstić information content (AvgIpc) is 2.49. The van der Waals surface area contributed by atoms with Gasteiger partial charge in [0, 0.05) is 27.5 Å². The van der Waals surface area contributed by atoms with Crippen LogP contribution in [0, 0.1) is 6.92 Å². The van der Waals surface area contributed by atoms with Crippen LogP contribution in [-0.4, -0.2) is 22.3 Å². The molecule has 0 unspecified atom stereocenters. The molecule has 0 atom stereocenters. The predicted molar refractivity (Wildman–Crippen MR) is 98.3 cm³/mol. The van der Waals surface area contributed by atoms with Crippen LogP contribution in [0.4, 0.5) is 5.69 Å². The van der Waals surface area contributed by atoms with Crippen molar-refractivity contribution in [3.05, 3.63) is 57.8 Å². The van der Waals surface area contributed by atoms with E-state index in [0.29, 0.717) is 11.3 Å². The highest BCUT2D eigenvalue weighted by atomic mass is 79.9. The zero-order valence-electron chi connectivity index (χ0n) is 14.1. The smallest absolute Gasteiger partial charge is 0.270 e. The van der Waals surface area contributed by atoms with Crippen molar-refractivity contribution in [1.82, 2.24) is 10.3 Å². The molecule has 2 N–H and O–H groups in total. The van der Waals surface area contributed by atoms with Crippen molar-refractivity contribution < 1.29 is 9.59 Å². The van der Waals surface area contributed by atoms with Crippen LogP contribution in [0.25, 0.3) is 0 Å². The van der Waals surface area contributed by atoms with Crippen molar-refractivity contribution in [3.63, 3.8) is 0 Å². The molecule has 6 heteroatoms. The van der Waals surface area contributed by atoms with Crippen LogP contribution >= 0.6 is 15.9 Å². The van der Waals surface area contributed by atoms with Crippen molar-refractivity contribution in [2.45, 2.75) is 33.2 Å². The molecule has 0 aliphatic heterocycles. The van der Waals surface area contributed by atoms with Gasteiger partial charge in [-0.15, -0.1) is 0 Å². The van der Waals surface area contributed by atoms with Gasteiger partial charge < -0.3 is 10.6 Å². The maximum Gasteiger partial charge on any atom is 0.270 e. The number of hydrogen-bond donors (Lipinski definition) is 2. The van der Waals surface area contributed by atoms with E-state index in [1.165, 1.54) is 12.3 Å². The minimum absolute atomic E-state index is 0.213. The predicted octanol–water partition coefficient (Wildman–Crippen LogP) is 3.93. The fourth-order valence-corrected chi connectivity index (χ4v) is 2.27. The van der Waals surface area contributed by atoms with Crippen LogP contribution in [-0.2, 0) is 0 Å². The molecule has 0 bridgehead atoms. The first-order valence-electron chi connectivity index (χ1n) is 7.52. The lowest BCUT2D eigenvalue weighted by molar-refractivity contribution is 0.0914. The molecular formula is C18H20BrN3O2. The average molecular weight is 390 g/mol. The SMILES string of the molecule is Cc1cc(NC(=O)c2ccnc(C(=O)NC(C)(C)C)c2)ccc1Br. The zero-order chi connectivity index (χ0) is 17.9. The minimum Gasteiger partial charge on any atom is -0.346 e. The number of hydrogen-bond acceptors (Lipinski definition) is 3. The highest BCUT2D eigenvalue weighted by Crippen LogP contribution is 2.20. The Kier molecular flexibility index (Phi) is 5.39. The van der Waals surface area contributed by atoms with Crippen LogP contribution < -0.4 is 10.6 Å². The first-order chi connectivity index (χ1) is 11.2. The van der Waals surface area contributed by atoms with Gasteiger partial charge in [0.1, 0.15) is 5.69 Å². The molecule has 0 saturated carbocycles. The van der Waals surface area contributed by atoms with E-state index >= 15 is 0 Å². The van der Waals surface area contributed by atoms with Gasteiger partial charge in [-0.2, -0.15) is 0 Å².